The Kier molecular flexibility index (Phi) is 3.10. The summed E-state index contributed by atoms with van der Waals surface area (Å²) in [5.74, 6) is -1.01. The molecule has 1 atom stereocenters. The number of halogens is 3. The number of hydrogen-bond acceptors (Lipinski definition) is 4. The van der Waals surface area contributed by atoms with E-state index in [1.807, 2.05) is 0 Å². The van der Waals surface area contributed by atoms with Gasteiger partial charge in [-0.3, -0.25) is 0 Å². The molecule has 1 aromatic heterocycles. The van der Waals surface area contributed by atoms with Gasteiger partial charge in [-0.1, -0.05) is 0 Å². The van der Waals surface area contributed by atoms with Gasteiger partial charge in [0.05, 0.1) is 0 Å². The number of nitrogens with zero attached hydrogens (tertiary/aromatic N) is 2. The summed E-state index contributed by atoms with van der Waals surface area (Å²) in [6.07, 6.45) is -2.97. The van der Waals surface area contributed by atoms with Crippen molar-refractivity contribution in [1.29, 1.82) is 0 Å². The molecular formula is C10H10F3N3O2. The topological polar surface area (TPSA) is 75.1 Å². The average molecular weight is 261 g/mol. The number of carbonyl (C=O) groups is 1. The van der Waals surface area contributed by atoms with Crippen LogP contribution in [0.15, 0.2) is 12.1 Å². The zero-order chi connectivity index (χ0) is 13.3. The maximum atomic E-state index is 12.2. The van der Waals surface area contributed by atoms with Crippen LogP contribution in [0.5, 0.6) is 0 Å². The number of aromatic nitrogens is 2. The van der Waals surface area contributed by atoms with Gasteiger partial charge < -0.3 is 10.4 Å². The number of anilines is 1. The molecule has 5 nitrogen and oxygen atoms in total. The minimum atomic E-state index is -4.55. The van der Waals surface area contributed by atoms with E-state index in [4.69, 9.17) is 5.11 Å². The Morgan fingerprint density at radius 2 is 2.06 bits per heavy atom. The van der Waals surface area contributed by atoms with Gasteiger partial charge in [0.1, 0.15) is 11.9 Å². The lowest BCUT2D eigenvalue weighted by molar-refractivity contribution is -0.142. The molecule has 1 unspecified atom stereocenters. The molecule has 0 saturated heterocycles. The van der Waals surface area contributed by atoms with Crippen LogP contribution < -0.4 is 5.32 Å². The Morgan fingerprint density at radius 1 is 1.39 bits per heavy atom. The molecule has 98 valence electrons. The molecule has 18 heavy (non-hydrogen) atoms. The standard InChI is InChI=1S/C10H10F3N3O2/c11-10(12,13)6-3-4-7(16-15-6)14-8(9(17)18)5-1-2-5/h3-5,8H,1-2H2,(H,14,16)(H,17,18). The molecule has 1 aliphatic rings. The maximum absolute atomic E-state index is 12.2. The van der Waals surface area contributed by atoms with Crippen molar-refractivity contribution in [2.75, 3.05) is 5.32 Å². The summed E-state index contributed by atoms with van der Waals surface area (Å²) < 4.78 is 36.7. The Bertz CT molecular complexity index is 443. The minimum absolute atomic E-state index is 0.00610. The highest BCUT2D eigenvalue weighted by Crippen LogP contribution is 2.34. The minimum Gasteiger partial charge on any atom is -0.480 e. The molecule has 0 aliphatic heterocycles. The third-order valence-corrected chi connectivity index (χ3v) is 2.62. The van der Waals surface area contributed by atoms with Gasteiger partial charge in [0.25, 0.3) is 0 Å². The van der Waals surface area contributed by atoms with Crippen LogP contribution >= 0.6 is 0 Å². The quantitative estimate of drug-likeness (QED) is 0.863. The van der Waals surface area contributed by atoms with E-state index < -0.39 is 23.9 Å². The summed E-state index contributed by atoms with van der Waals surface area (Å²) in [6, 6.07) is 1.02. The van der Waals surface area contributed by atoms with Gasteiger partial charge >= 0.3 is 12.1 Å². The van der Waals surface area contributed by atoms with Gasteiger partial charge in [-0.05, 0) is 30.9 Å². The molecule has 0 aromatic carbocycles. The van der Waals surface area contributed by atoms with E-state index in [2.05, 4.69) is 15.5 Å². The molecule has 0 radical (unpaired) electrons. The molecular weight excluding hydrogens is 251 g/mol. The van der Waals surface area contributed by atoms with Gasteiger partial charge in [-0.2, -0.15) is 13.2 Å². The summed E-state index contributed by atoms with van der Waals surface area (Å²) in [4.78, 5) is 10.9. The highest BCUT2D eigenvalue weighted by Gasteiger charge is 2.37. The van der Waals surface area contributed by atoms with E-state index in [-0.39, 0.29) is 11.7 Å². The first kappa shape index (κ1) is 12.6. The van der Waals surface area contributed by atoms with Crippen LogP contribution in [-0.4, -0.2) is 27.3 Å². The molecule has 1 aromatic rings. The van der Waals surface area contributed by atoms with Crippen LogP contribution in [0.4, 0.5) is 19.0 Å². The maximum Gasteiger partial charge on any atom is 0.435 e. The smallest absolute Gasteiger partial charge is 0.435 e. The van der Waals surface area contributed by atoms with Crippen molar-refractivity contribution in [3.05, 3.63) is 17.8 Å². The lowest BCUT2D eigenvalue weighted by Gasteiger charge is -2.13. The van der Waals surface area contributed by atoms with Gasteiger partial charge in [-0.15, -0.1) is 10.2 Å². The zero-order valence-corrected chi connectivity index (χ0v) is 9.11. The highest BCUT2D eigenvalue weighted by atomic mass is 19.4. The highest BCUT2D eigenvalue weighted by molar-refractivity contribution is 5.77. The summed E-state index contributed by atoms with van der Waals surface area (Å²) in [5.41, 5.74) is -1.11. The van der Waals surface area contributed by atoms with Crippen molar-refractivity contribution in [1.82, 2.24) is 10.2 Å². The summed E-state index contributed by atoms with van der Waals surface area (Å²) in [7, 11) is 0. The number of aliphatic carboxylic acids is 1. The Morgan fingerprint density at radius 3 is 2.44 bits per heavy atom. The van der Waals surface area contributed by atoms with Crippen molar-refractivity contribution >= 4 is 11.8 Å². The number of hydrogen-bond donors (Lipinski definition) is 2. The SMILES string of the molecule is O=C(O)C(Nc1ccc(C(F)(F)F)nn1)C1CC1. The molecule has 1 aliphatic carbocycles. The number of alkyl halides is 3. The van der Waals surface area contributed by atoms with E-state index in [1.165, 1.54) is 0 Å². The first-order valence-corrected chi connectivity index (χ1v) is 5.28. The van der Waals surface area contributed by atoms with E-state index in [0.717, 1.165) is 25.0 Å². The normalized spacial score (nSPS) is 17.3. The van der Waals surface area contributed by atoms with Crippen molar-refractivity contribution in [2.24, 2.45) is 5.92 Å². The molecule has 1 fully saturated rings. The molecule has 1 heterocycles. The largest absolute Gasteiger partial charge is 0.480 e. The van der Waals surface area contributed by atoms with Crippen LogP contribution in [-0.2, 0) is 11.0 Å². The molecule has 1 saturated carbocycles. The molecule has 0 amide bonds. The van der Waals surface area contributed by atoms with E-state index in [0.29, 0.717) is 0 Å². The molecule has 0 bridgehead atoms. The van der Waals surface area contributed by atoms with Crippen molar-refractivity contribution in [3.63, 3.8) is 0 Å². The molecule has 2 N–H and O–H groups in total. The summed E-state index contributed by atoms with van der Waals surface area (Å²) >= 11 is 0. The Labute approximate surface area is 100 Å². The second-order valence-electron chi connectivity index (χ2n) is 4.10. The van der Waals surface area contributed by atoms with Gasteiger partial charge in [0.2, 0.25) is 0 Å². The van der Waals surface area contributed by atoms with Gasteiger partial charge in [-0.25, -0.2) is 4.79 Å². The fourth-order valence-corrected chi connectivity index (χ4v) is 1.53. The van der Waals surface area contributed by atoms with Gasteiger partial charge in [0.15, 0.2) is 5.69 Å². The van der Waals surface area contributed by atoms with E-state index in [1.54, 1.807) is 0 Å². The van der Waals surface area contributed by atoms with Crippen LogP contribution in [0.1, 0.15) is 18.5 Å². The van der Waals surface area contributed by atoms with Crippen molar-refractivity contribution in [3.8, 4) is 0 Å². The third-order valence-electron chi connectivity index (χ3n) is 2.62. The molecule has 2 rings (SSSR count). The zero-order valence-electron chi connectivity index (χ0n) is 9.11. The second-order valence-corrected chi connectivity index (χ2v) is 4.10. The average Bonchev–Trinajstić information content (AvgIpc) is 3.08. The fraction of sp³-hybridized carbons (Fsp3) is 0.500. The van der Waals surface area contributed by atoms with Gasteiger partial charge in [0, 0.05) is 0 Å². The Hall–Kier alpha value is -1.86. The van der Waals surface area contributed by atoms with Crippen LogP contribution in [0.2, 0.25) is 0 Å². The van der Waals surface area contributed by atoms with E-state index in [9.17, 15) is 18.0 Å². The summed E-state index contributed by atoms with van der Waals surface area (Å²) in [6.45, 7) is 0. The molecule has 0 spiro atoms. The fourth-order valence-electron chi connectivity index (χ4n) is 1.53. The first-order valence-electron chi connectivity index (χ1n) is 5.28. The van der Waals surface area contributed by atoms with Crippen molar-refractivity contribution in [2.45, 2.75) is 25.1 Å². The number of rotatable bonds is 4. The predicted octanol–water partition coefficient (Wildman–Crippen LogP) is 1.77. The van der Waals surface area contributed by atoms with Crippen LogP contribution in [0.3, 0.4) is 0 Å². The second kappa shape index (κ2) is 4.43. The van der Waals surface area contributed by atoms with Crippen molar-refractivity contribution < 1.29 is 23.1 Å². The monoisotopic (exact) mass is 261 g/mol. The Balaban J connectivity index is 2.07. The first-order chi connectivity index (χ1) is 8.38. The number of carboxylic acids is 1. The number of carboxylic acid groups (broad SMARTS) is 1. The predicted molar refractivity (Wildman–Crippen MR) is 54.8 cm³/mol. The summed E-state index contributed by atoms with van der Waals surface area (Å²) in [5, 5.41) is 17.9. The van der Waals surface area contributed by atoms with E-state index >= 15 is 0 Å². The lowest BCUT2D eigenvalue weighted by Crippen LogP contribution is -2.31. The van der Waals surface area contributed by atoms with Crippen LogP contribution in [0.25, 0.3) is 0 Å². The van der Waals surface area contributed by atoms with Crippen LogP contribution in [0, 0.1) is 5.92 Å². The lowest BCUT2D eigenvalue weighted by atomic mass is 10.2. The third kappa shape index (κ3) is 2.88. The molecule has 8 heteroatoms. The number of nitrogens with one attached hydrogen (secondary N) is 1.